The van der Waals surface area contributed by atoms with E-state index in [-0.39, 0.29) is 23.8 Å². The van der Waals surface area contributed by atoms with Crippen LogP contribution in [0.2, 0.25) is 0 Å². The van der Waals surface area contributed by atoms with Crippen LogP contribution in [0.1, 0.15) is 22.1 Å². The number of ether oxygens (including phenoxy) is 1. The molecule has 1 aliphatic heterocycles. The molecule has 5 nitrogen and oxygen atoms in total. The van der Waals surface area contributed by atoms with Crippen LogP contribution < -0.4 is 15.0 Å². The third-order valence-corrected chi connectivity index (χ3v) is 6.51. The van der Waals surface area contributed by atoms with E-state index < -0.39 is 0 Å². The number of rotatable bonds is 6. The Balaban J connectivity index is 1.44. The van der Waals surface area contributed by atoms with E-state index in [9.17, 15) is 9.59 Å². The van der Waals surface area contributed by atoms with Gasteiger partial charge in [0.25, 0.3) is 5.91 Å². The van der Waals surface area contributed by atoms with Crippen LogP contribution in [0.3, 0.4) is 0 Å². The fraction of sp³-hybridized carbons (Fsp3) is 0.200. The minimum absolute atomic E-state index is 0.0564. The number of carbonyl (C=O) groups excluding carboxylic acids is 2. The average Bonchev–Trinajstić information content (AvgIpc) is 3.16. The Hall–Kier alpha value is -3.25. The van der Waals surface area contributed by atoms with Gasteiger partial charge in [0.1, 0.15) is 11.1 Å². The summed E-state index contributed by atoms with van der Waals surface area (Å²) >= 11 is 1.62. The number of para-hydroxylation sites is 1. The number of anilines is 2. The SMILES string of the molecule is Cc1cccc(N2C(=O)CS[C@H]2c2ccc(NC(=O)COc3ccccc3)cc2)c1C. The van der Waals surface area contributed by atoms with Crippen molar-refractivity contribution in [1.82, 2.24) is 0 Å². The Morgan fingerprint density at radius 3 is 2.52 bits per heavy atom. The number of amides is 2. The first-order chi connectivity index (χ1) is 15.0. The van der Waals surface area contributed by atoms with Gasteiger partial charge in [0.15, 0.2) is 6.61 Å². The Labute approximate surface area is 186 Å². The smallest absolute Gasteiger partial charge is 0.262 e. The highest BCUT2D eigenvalue weighted by Gasteiger charge is 2.34. The number of nitrogens with zero attached hydrogens (tertiary/aromatic N) is 1. The molecule has 158 valence electrons. The van der Waals surface area contributed by atoms with Crippen LogP contribution in [0.25, 0.3) is 0 Å². The summed E-state index contributed by atoms with van der Waals surface area (Å²) < 4.78 is 5.48. The topological polar surface area (TPSA) is 58.6 Å². The second-order valence-corrected chi connectivity index (χ2v) is 8.49. The third kappa shape index (κ3) is 4.75. The lowest BCUT2D eigenvalue weighted by molar-refractivity contribution is -0.118. The summed E-state index contributed by atoms with van der Waals surface area (Å²) in [4.78, 5) is 26.7. The molecule has 1 heterocycles. The third-order valence-electron chi connectivity index (χ3n) is 5.30. The Bertz CT molecular complexity index is 1080. The highest BCUT2D eigenvalue weighted by molar-refractivity contribution is 8.00. The lowest BCUT2D eigenvalue weighted by Gasteiger charge is -2.26. The van der Waals surface area contributed by atoms with Crippen molar-refractivity contribution >= 4 is 35.0 Å². The van der Waals surface area contributed by atoms with Gasteiger partial charge in [-0.2, -0.15) is 0 Å². The van der Waals surface area contributed by atoms with Crippen molar-refractivity contribution in [2.24, 2.45) is 0 Å². The van der Waals surface area contributed by atoms with Crippen LogP contribution in [0.5, 0.6) is 5.75 Å². The van der Waals surface area contributed by atoms with Gasteiger partial charge in [-0.1, -0.05) is 42.5 Å². The van der Waals surface area contributed by atoms with Crippen LogP contribution in [0, 0.1) is 13.8 Å². The second-order valence-electron chi connectivity index (χ2n) is 7.42. The van der Waals surface area contributed by atoms with Crippen LogP contribution in [0.4, 0.5) is 11.4 Å². The zero-order valence-electron chi connectivity index (χ0n) is 17.5. The molecule has 0 bridgehead atoms. The van der Waals surface area contributed by atoms with Gasteiger partial charge in [-0.05, 0) is 60.9 Å². The lowest BCUT2D eigenvalue weighted by Crippen LogP contribution is -2.28. The molecule has 1 atom stereocenters. The first kappa shape index (κ1) is 21.0. The van der Waals surface area contributed by atoms with Crippen LogP contribution in [0.15, 0.2) is 72.8 Å². The summed E-state index contributed by atoms with van der Waals surface area (Å²) in [5, 5.41) is 2.76. The molecule has 0 aromatic heterocycles. The van der Waals surface area contributed by atoms with E-state index in [2.05, 4.69) is 18.3 Å². The summed E-state index contributed by atoms with van der Waals surface area (Å²) in [6, 6.07) is 22.9. The Morgan fingerprint density at radius 1 is 1.03 bits per heavy atom. The van der Waals surface area contributed by atoms with Gasteiger partial charge in [-0.25, -0.2) is 0 Å². The van der Waals surface area contributed by atoms with E-state index in [4.69, 9.17) is 4.74 Å². The molecule has 4 rings (SSSR count). The number of hydrogen-bond donors (Lipinski definition) is 1. The fourth-order valence-electron chi connectivity index (χ4n) is 3.52. The van der Waals surface area contributed by atoms with Crippen molar-refractivity contribution in [3.63, 3.8) is 0 Å². The molecule has 3 aromatic rings. The van der Waals surface area contributed by atoms with Crippen molar-refractivity contribution < 1.29 is 14.3 Å². The van der Waals surface area contributed by atoms with Crippen LogP contribution in [-0.2, 0) is 9.59 Å². The number of hydrogen-bond acceptors (Lipinski definition) is 4. The van der Waals surface area contributed by atoms with E-state index in [1.54, 1.807) is 11.8 Å². The van der Waals surface area contributed by atoms with Crippen molar-refractivity contribution in [1.29, 1.82) is 0 Å². The maximum atomic E-state index is 12.7. The largest absolute Gasteiger partial charge is 0.484 e. The summed E-state index contributed by atoms with van der Waals surface area (Å²) in [6.07, 6.45) is 0. The molecule has 0 saturated carbocycles. The molecular formula is C25H24N2O3S. The predicted octanol–water partition coefficient (Wildman–Crippen LogP) is 5.10. The van der Waals surface area contributed by atoms with E-state index in [0.717, 1.165) is 22.4 Å². The van der Waals surface area contributed by atoms with Crippen LogP contribution in [-0.4, -0.2) is 24.2 Å². The van der Waals surface area contributed by atoms with Crippen molar-refractivity contribution in [2.75, 3.05) is 22.6 Å². The number of thioether (sulfide) groups is 1. The van der Waals surface area contributed by atoms with Crippen LogP contribution >= 0.6 is 11.8 Å². The van der Waals surface area contributed by atoms with Gasteiger partial charge in [0, 0.05) is 11.4 Å². The lowest BCUT2D eigenvalue weighted by atomic mass is 10.1. The van der Waals surface area contributed by atoms with Crippen molar-refractivity contribution in [2.45, 2.75) is 19.2 Å². The predicted molar refractivity (Wildman–Crippen MR) is 126 cm³/mol. The molecule has 1 N–H and O–H groups in total. The van der Waals surface area contributed by atoms with Crippen molar-refractivity contribution in [3.8, 4) is 5.75 Å². The van der Waals surface area contributed by atoms with Gasteiger partial charge < -0.3 is 10.1 Å². The van der Waals surface area contributed by atoms with E-state index in [0.29, 0.717) is 17.2 Å². The normalized spacial score (nSPS) is 15.7. The number of aryl methyl sites for hydroxylation is 1. The van der Waals surface area contributed by atoms with Crippen molar-refractivity contribution in [3.05, 3.63) is 89.5 Å². The molecule has 1 saturated heterocycles. The zero-order chi connectivity index (χ0) is 21.8. The monoisotopic (exact) mass is 432 g/mol. The quantitative estimate of drug-likeness (QED) is 0.589. The molecular weight excluding hydrogens is 408 g/mol. The molecule has 2 amide bonds. The molecule has 1 fully saturated rings. The van der Waals surface area contributed by atoms with E-state index in [1.165, 1.54) is 0 Å². The van der Waals surface area contributed by atoms with E-state index >= 15 is 0 Å². The van der Waals surface area contributed by atoms with Gasteiger partial charge in [-0.15, -0.1) is 11.8 Å². The Kier molecular flexibility index (Phi) is 6.28. The summed E-state index contributed by atoms with van der Waals surface area (Å²) in [5.74, 6) is 0.994. The van der Waals surface area contributed by atoms with E-state index in [1.807, 2.05) is 78.6 Å². The fourth-order valence-corrected chi connectivity index (χ4v) is 4.69. The maximum absolute atomic E-state index is 12.7. The molecule has 1 aliphatic rings. The first-order valence-corrected chi connectivity index (χ1v) is 11.2. The summed E-state index contributed by atoms with van der Waals surface area (Å²) in [5.41, 5.74) is 4.95. The minimum atomic E-state index is -0.223. The first-order valence-electron chi connectivity index (χ1n) is 10.1. The second kappa shape index (κ2) is 9.27. The summed E-state index contributed by atoms with van der Waals surface area (Å²) in [7, 11) is 0. The van der Waals surface area contributed by atoms with Gasteiger partial charge in [-0.3, -0.25) is 14.5 Å². The Morgan fingerprint density at radius 2 is 1.77 bits per heavy atom. The molecule has 0 spiro atoms. The van der Waals surface area contributed by atoms with Gasteiger partial charge in [0.05, 0.1) is 5.75 Å². The molecule has 0 radical (unpaired) electrons. The average molecular weight is 433 g/mol. The van der Waals surface area contributed by atoms with Gasteiger partial charge in [0.2, 0.25) is 5.91 Å². The minimum Gasteiger partial charge on any atom is -0.484 e. The number of nitrogens with one attached hydrogen (secondary N) is 1. The summed E-state index contributed by atoms with van der Waals surface area (Å²) in [6.45, 7) is 4.05. The highest BCUT2D eigenvalue weighted by Crippen LogP contribution is 2.43. The van der Waals surface area contributed by atoms with Gasteiger partial charge >= 0.3 is 0 Å². The highest BCUT2D eigenvalue weighted by atomic mass is 32.2. The number of carbonyl (C=O) groups is 2. The zero-order valence-corrected chi connectivity index (χ0v) is 18.3. The molecule has 3 aromatic carbocycles. The maximum Gasteiger partial charge on any atom is 0.262 e. The molecule has 6 heteroatoms. The molecule has 0 unspecified atom stereocenters. The molecule has 31 heavy (non-hydrogen) atoms. The number of benzene rings is 3. The standard InChI is InChI=1S/C25H24N2O3S/c1-17-7-6-10-22(18(17)2)27-24(29)16-31-25(27)19-11-13-20(14-12-19)26-23(28)15-30-21-8-4-3-5-9-21/h3-14,25H,15-16H2,1-2H3,(H,26,28)/t25-/m0/s1. The molecule has 0 aliphatic carbocycles.